The normalized spacial score (nSPS) is 14.7. The van der Waals surface area contributed by atoms with Crippen molar-refractivity contribution in [3.05, 3.63) is 35.9 Å². The van der Waals surface area contributed by atoms with Gasteiger partial charge in [-0.25, -0.2) is 4.79 Å². The second-order valence-corrected chi connectivity index (χ2v) is 9.11. The van der Waals surface area contributed by atoms with E-state index in [9.17, 15) is 9.59 Å². The number of ether oxygens (including phenoxy) is 3. The number of benzene rings is 1. The second-order valence-electron chi connectivity index (χ2n) is 9.11. The van der Waals surface area contributed by atoms with Crippen molar-refractivity contribution in [1.29, 1.82) is 0 Å². The summed E-state index contributed by atoms with van der Waals surface area (Å²) in [4.78, 5) is 24.8. The molecule has 1 aromatic rings. The number of nitrogens with two attached hydrogens (primary N) is 1. The molecule has 2 atom stereocenters. The minimum atomic E-state index is -1.28. The summed E-state index contributed by atoms with van der Waals surface area (Å²) in [5.41, 5.74) is 5.62. The third-order valence-electron chi connectivity index (χ3n) is 4.48. The standard InChI is InChI=1S/C23H38N2O5/c1-17(2)14-19(25-21(27)30-22(3,4)5)15-23(24,20(26)28-6)12-13-29-16-18-10-8-7-9-11-18/h7-11,17,19H,12-16,24H2,1-6H3,(H,25,27)/t19-,23?/m0/s1. The quantitative estimate of drug-likeness (QED) is 0.416. The molecule has 7 heteroatoms. The van der Waals surface area contributed by atoms with Crippen molar-refractivity contribution in [3.63, 3.8) is 0 Å². The summed E-state index contributed by atoms with van der Waals surface area (Å²) in [6, 6.07) is 9.44. The molecule has 1 unspecified atom stereocenters. The number of alkyl carbamates (subject to hydrolysis) is 1. The van der Waals surface area contributed by atoms with Crippen LogP contribution in [0.2, 0.25) is 0 Å². The summed E-state index contributed by atoms with van der Waals surface area (Å²) < 4.78 is 16.0. The number of nitrogens with one attached hydrogen (secondary N) is 1. The molecule has 0 fully saturated rings. The van der Waals surface area contributed by atoms with Crippen molar-refractivity contribution < 1.29 is 23.8 Å². The molecule has 0 saturated heterocycles. The molecule has 0 radical (unpaired) electrons. The smallest absolute Gasteiger partial charge is 0.407 e. The van der Waals surface area contributed by atoms with Gasteiger partial charge in [-0.15, -0.1) is 0 Å². The summed E-state index contributed by atoms with van der Waals surface area (Å²) in [7, 11) is 1.31. The van der Waals surface area contributed by atoms with E-state index >= 15 is 0 Å². The largest absolute Gasteiger partial charge is 0.468 e. The van der Waals surface area contributed by atoms with Crippen LogP contribution in [0.1, 0.15) is 59.4 Å². The molecule has 1 rings (SSSR count). The zero-order chi connectivity index (χ0) is 22.8. The zero-order valence-electron chi connectivity index (χ0n) is 19.2. The van der Waals surface area contributed by atoms with Crippen LogP contribution in [0.4, 0.5) is 4.79 Å². The van der Waals surface area contributed by atoms with Crippen molar-refractivity contribution in [2.45, 2.75) is 77.7 Å². The number of amides is 1. The maximum Gasteiger partial charge on any atom is 0.407 e. The predicted molar refractivity (Wildman–Crippen MR) is 117 cm³/mol. The van der Waals surface area contributed by atoms with E-state index in [1.807, 2.05) is 44.2 Å². The highest BCUT2D eigenvalue weighted by molar-refractivity contribution is 5.80. The average molecular weight is 423 g/mol. The molecule has 7 nitrogen and oxygen atoms in total. The van der Waals surface area contributed by atoms with Gasteiger partial charge in [0.1, 0.15) is 11.1 Å². The molecule has 0 aliphatic rings. The van der Waals surface area contributed by atoms with E-state index in [0.29, 0.717) is 25.6 Å². The van der Waals surface area contributed by atoms with Crippen LogP contribution >= 0.6 is 0 Å². The molecule has 1 aromatic carbocycles. The number of esters is 1. The van der Waals surface area contributed by atoms with Crippen LogP contribution in [0.15, 0.2) is 30.3 Å². The maximum absolute atomic E-state index is 12.5. The van der Waals surface area contributed by atoms with E-state index < -0.39 is 23.2 Å². The topological polar surface area (TPSA) is 99.9 Å². The van der Waals surface area contributed by atoms with Gasteiger partial charge in [0, 0.05) is 12.6 Å². The van der Waals surface area contributed by atoms with Crippen molar-refractivity contribution in [1.82, 2.24) is 5.32 Å². The highest BCUT2D eigenvalue weighted by Gasteiger charge is 2.38. The molecule has 0 aliphatic heterocycles. The van der Waals surface area contributed by atoms with E-state index in [2.05, 4.69) is 5.32 Å². The third-order valence-corrected chi connectivity index (χ3v) is 4.48. The highest BCUT2D eigenvalue weighted by Crippen LogP contribution is 2.22. The monoisotopic (exact) mass is 422 g/mol. The Labute approximate surface area is 180 Å². The molecular formula is C23H38N2O5. The maximum atomic E-state index is 12.5. The first-order chi connectivity index (χ1) is 13.9. The molecule has 0 heterocycles. The van der Waals surface area contributed by atoms with Crippen molar-refractivity contribution in [2.24, 2.45) is 11.7 Å². The fourth-order valence-corrected chi connectivity index (χ4v) is 3.19. The first kappa shape index (κ1) is 25.9. The lowest BCUT2D eigenvalue weighted by atomic mass is 9.86. The highest BCUT2D eigenvalue weighted by atomic mass is 16.6. The molecule has 170 valence electrons. The lowest BCUT2D eigenvalue weighted by Gasteiger charge is -2.32. The van der Waals surface area contributed by atoms with E-state index in [1.165, 1.54) is 7.11 Å². The second kappa shape index (κ2) is 11.9. The van der Waals surface area contributed by atoms with Gasteiger partial charge in [-0.05, 0) is 51.5 Å². The van der Waals surface area contributed by atoms with Crippen molar-refractivity contribution >= 4 is 12.1 Å². The lowest BCUT2D eigenvalue weighted by molar-refractivity contribution is -0.148. The van der Waals surface area contributed by atoms with Crippen LogP contribution in [-0.2, 0) is 25.6 Å². The Morgan fingerprint density at radius 3 is 2.30 bits per heavy atom. The molecule has 0 bridgehead atoms. The Hall–Kier alpha value is -2.12. The van der Waals surface area contributed by atoms with Crippen molar-refractivity contribution in [3.8, 4) is 0 Å². The number of hydrogen-bond donors (Lipinski definition) is 2. The number of methoxy groups -OCH3 is 1. The SMILES string of the molecule is COC(=O)C(N)(CCOCc1ccccc1)C[C@H](CC(C)C)NC(=O)OC(C)(C)C. The van der Waals surface area contributed by atoms with Gasteiger partial charge in [0.15, 0.2) is 0 Å². The first-order valence-electron chi connectivity index (χ1n) is 10.4. The molecule has 0 spiro atoms. The Balaban J connectivity index is 2.77. The van der Waals surface area contributed by atoms with E-state index in [1.54, 1.807) is 20.8 Å². The van der Waals surface area contributed by atoms with Gasteiger partial charge in [0.05, 0.1) is 13.7 Å². The fourth-order valence-electron chi connectivity index (χ4n) is 3.19. The summed E-state index contributed by atoms with van der Waals surface area (Å²) in [5.74, 6) is -0.230. The zero-order valence-corrected chi connectivity index (χ0v) is 19.2. The molecule has 0 aromatic heterocycles. The molecule has 0 saturated carbocycles. The molecule has 3 N–H and O–H groups in total. The summed E-state index contributed by atoms with van der Waals surface area (Å²) >= 11 is 0. The minimum absolute atomic E-state index is 0.228. The van der Waals surface area contributed by atoms with Gasteiger partial charge in [-0.3, -0.25) is 4.79 Å². The number of carbonyl (C=O) groups is 2. The Morgan fingerprint density at radius 1 is 1.13 bits per heavy atom. The van der Waals surface area contributed by atoms with Crippen LogP contribution in [0.25, 0.3) is 0 Å². The van der Waals surface area contributed by atoms with Crippen LogP contribution in [-0.4, -0.2) is 43.0 Å². The van der Waals surface area contributed by atoms with Crippen LogP contribution in [0, 0.1) is 5.92 Å². The van der Waals surface area contributed by atoms with Gasteiger partial charge in [-0.1, -0.05) is 44.2 Å². The molecular weight excluding hydrogens is 384 g/mol. The van der Waals surface area contributed by atoms with Crippen LogP contribution in [0.3, 0.4) is 0 Å². The van der Waals surface area contributed by atoms with Crippen LogP contribution in [0.5, 0.6) is 0 Å². The molecule has 0 aliphatic carbocycles. The molecule has 30 heavy (non-hydrogen) atoms. The number of hydrogen-bond acceptors (Lipinski definition) is 6. The first-order valence-corrected chi connectivity index (χ1v) is 10.4. The summed E-state index contributed by atoms with van der Waals surface area (Å²) in [6.45, 7) is 10.2. The third kappa shape index (κ3) is 10.1. The molecule has 1 amide bonds. The summed E-state index contributed by atoms with van der Waals surface area (Å²) in [6.07, 6.45) is 0.629. The Morgan fingerprint density at radius 2 is 1.77 bits per heavy atom. The van der Waals surface area contributed by atoms with Gasteiger partial charge in [0.25, 0.3) is 0 Å². The Bertz CT molecular complexity index is 657. The predicted octanol–water partition coefficient (Wildman–Crippen LogP) is 3.79. The van der Waals surface area contributed by atoms with E-state index in [-0.39, 0.29) is 18.9 Å². The van der Waals surface area contributed by atoms with E-state index in [4.69, 9.17) is 19.9 Å². The average Bonchev–Trinajstić information content (AvgIpc) is 2.63. The fraction of sp³-hybridized carbons (Fsp3) is 0.652. The minimum Gasteiger partial charge on any atom is -0.468 e. The van der Waals surface area contributed by atoms with Gasteiger partial charge in [0.2, 0.25) is 0 Å². The number of rotatable bonds is 11. The number of carbonyl (C=O) groups excluding carboxylic acids is 2. The van der Waals surface area contributed by atoms with E-state index in [0.717, 1.165) is 5.56 Å². The van der Waals surface area contributed by atoms with Gasteiger partial charge >= 0.3 is 12.1 Å². The van der Waals surface area contributed by atoms with Gasteiger partial charge in [-0.2, -0.15) is 0 Å². The van der Waals surface area contributed by atoms with Crippen molar-refractivity contribution in [2.75, 3.05) is 13.7 Å². The lowest BCUT2D eigenvalue weighted by Crippen LogP contribution is -2.55. The summed E-state index contributed by atoms with van der Waals surface area (Å²) in [5, 5.41) is 2.87. The Kier molecular flexibility index (Phi) is 10.3. The van der Waals surface area contributed by atoms with Gasteiger partial charge < -0.3 is 25.3 Å². The van der Waals surface area contributed by atoms with Crippen LogP contribution < -0.4 is 11.1 Å².